The van der Waals surface area contributed by atoms with Crippen molar-refractivity contribution < 1.29 is 4.39 Å². The number of hydrogen-bond acceptors (Lipinski definition) is 2. The van der Waals surface area contributed by atoms with Crippen LogP contribution in [0.5, 0.6) is 0 Å². The molecule has 0 radical (unpaired) electrons. The Kier molecular flexibility index (Phi) is 4.21. The minimum atomic E-state index is -0.324. The smallest absolute Gasteiger partial charge is 0.127 e. The van der Waals surface area contributed by atoms with E-state index in [2.05, 4.69) is 12.6 Å². The zero-order valence-corrected chi connectivity index (χ0v) is 8.47. The van der Waals surface area contributed by atoms with Gasteiger partial charge in [-0.25, -0.2) is 4.39 Å². The number of halogens is 1. The largest absolute Gasteiger partial charge is 0.207 e. The zero-order chi connectivity index (χ0) is 10.4. The summed E-state index contributed by atoms with van der Waals surface area (Å²) in [5, 5.41) is 8.46. The van der Waals surface area contributed by atoms with Crippen molar-refractivity contribution in [2.75, 3.05) is 5.75 Å². The van der Waals surface area contributed by atoms with E-state index in [0.29, 0.717) is 11.3 Å². The van der Waals surface area contributed by atoms with Crippen LogP contribution in [-0.4, -0.2) is 5.75 Å². The van der Waals surface area contributed by atoms with Crippen molar-refractivity contribution in [2.45, 2.75) is 6.42 Å². The highest BCUT2D eigenvalue weighted by atomic mass is 32.1. The maximum Gasteiger partial charge on any atom is 0.127 e. The van der Waals surface area contributed by atoms with Crippen molar-refractivity contribution >= 4 is 18.7 Å². The fourth-order valence-electron chi connectivity index (χ4n) is 1.11. The zero-order valence-electron chi connectivity index (χ0n) is 7.57. The van der Waals surface area contributed by atoms with Gasteiger partial charge in [-0.15, -0.1) is 0 Å². The van der Waals surface area contributed by atoms with Gasteiger partial charge in [0.25, 0.3) is 0 Å². The summed E-state index contributed by atoms with van der Waals surface area (Å²) >= 11 is 4.03. The van der Waals surface area contributed by atoms with Gasteiger partial charge in [0.05, 0.1) is 12.5 Å². The molecule has 0 unspecified atom stereocenters. The van der Waals surface area contributed by atoms with Gasteiger partial charge >= 0.3 is 0 Å². The van der Waals surface area contributed by atoms with E-state index in [1.54, 1.807) is 12.1 Å². The van der Waals surface area contributed by atoms with E-state index in [-0.39, 0.29) is 12.2 Å². The molecule has 0 aromatic heterocycles. The Bertz CT molecular complexity index is 379. The Hall–Kier alpha value is -1.27. The Balaban J connectivity index is 2.95. The van der Waals surface area contributed by atoms with Crippen LogP contribution < -0.4 is 0 Å². The molecular formula is C11H10FNS. The summed E-state index contributed by atoms with van der Waals surface area (Å²) in [6.45, 7) is 0. The number of nitriles is 1. The Morgan fingerprint density at radius 2 is 2.29 bits per heavy atom. The van der Waals surface area contributed by atoms with Crippen LogP contribution in [0.1, 0.15) is 11.1 Å². The molecule has 0 N–H and O–H groups in total. The summed E-state index contributed by atoms with van der Waals surface area (Å²) in [7, 11) is 0. The van der Waals surface area contributed by atoms with Crippen molar-refractivity contribution in [1.29, 1.82) is 5.26 Å². The van der Waals surface area contributed by atoms with Crippen molar-refractivity contribution in [3.8, 4) is 6.07 Å². The molecule has 14 heavy (non-hydrogen) atoms. The molecule has 1 aromatic rings. The molecule has 0 aliphatic carbocycles. The topological polar surface area (TPSA) is 23.8 Å². The molecule has 1 nitrogen and oxygen atoms in total. The van der Waals surface area contributed by atoms with Crippen molar-refractivity contribution in [2.24, 2.45) is 0 Å². The minimum absolute atomic E-state index is 0.106. The molecule has 0 fully saturated rings. The quantitative estimate of drug-likeness (QED) is 0.757. The minimum Gasteiger partial charge on any atom is -0.207 e. The number of benzene rings is 1. The molecular weight excluding hydrogens is 197 g/mol. The lowest BCUT2D eigenvalue weighted by Crippen LogP contribution is -1.89. The van der Waals surface area contributed by atoms with E-state index >= 15 is 0 Å². The molecule has 0 aliphatic heterocycles. The van der Waals surface area contributed by atoms with Crippen LogP contribution in [0.2, 0.25) is 0 Å². The third kappa shape index (κ3) is 2.90. The van der Waals surface area contributed by atoms with Crippen molar-refractivity contribution in [3.63, 3.8) is 0 Å². The molecule has 72 valence electrons. The van der Waals surface area contributed by atoms with Gasteiger partial charge in [-0.1, -0.05) is 18.2 Å². The molecule has 0 amide bonds. The number of hydrogen-bond donors (Lipinski definition) is 1. The lowest BCUT2D eigenvalue weighted by atomic mass is 10.1. The van der Waals surface area contributed by atoms with Crippen LogP contribution in [0.25, 0.3) is 6.08 Å². The summed E-state index contributed by atoms with van der Waals surface area (Å²) in [5.74, 6) is 0.319. The Labute approximate surface area is 88.3 Å². The number of nitrogens with zero attached hydrogens (tertiary/aromatic N) is 1. The molecule has 1 rings (SSSR count). The van der Waals surface area contributed by atoms with Crippen molar-refractivity contribution in [3.05, 3.63) is 41.2 Å². The highest BCUT2D eigenvalue weighted by Gasteiger charge is 2.00. The second kappa shape index (κ2) is 5.46. The maximum atomic E-state index is 13.1. The number of rotatable bonds is 3. The predicted molar refractivity (Wildman–Crippen MR) is 58.6 cm³/mol. The van der Waals surface area contributed by atoms with Gasteiger partial charge < -0.3 is 0 Å². The van der Waals surface area contributed by atoms with E-state index in [1.807, 2.05) is 18.2 Å². The van der Waals surface area contributed by atoms with Crippen molar-refractivity contribution in [1.82, 2.24) is 0 Å². The molecule has 0 bridgehead atoms. The van der Waals surface area contributed by atoms with E-state index < -0.39 is 0 Å². The van der Waals surface area contributed by atoms with Gasteiger partial charge in [-0.3, -0.25) is 0 Å². The Morgan fingerprint density at radius 1 is 1.50 bits per heavy atom. The summed E-state index contributed by atoms with van der Waals surface area (Å²) in [5.41, 5.74) is 1.33. The third-order valence-corrected chi connectivity index (χ3v) is 1.97. The first-order chi connectivity index (χ1) is 6.77. The average molecular weight is 207 g/mol. The molecule has 1 aromatic carbocycles. The first kappa shape index (κ1) is 10.8. The van der Waals surface area contributed by atoms with E-state index in [1.165, 1.54) is 6.07 Å². The van der Waals surface area contributed by atoms with Crippen LogP contribution in [0, 0.1) is 17.1 Å². The van der Waals surface area contributed by atoms with Crippen LogP contribution in [0.3, 0.4) is 0 Å². The molecule has 0 spiro atoms. The number of thiol groups is 1. The van der Waals surface area contributed by atoms with Crippen LogP contribution >= 0.6 is 12.6 Å². The Morgan fingerprint density at radius 3 is 2.93 bits per heavy atom. The fraction of sp³-hybridized carbons (Fsp3) is 0.182. The van der Waals surface area contributed by atoms with Crippen LogP contribution in [0.4, 0.5) is 4.39 Å². The third-order valence-electron chi connectivity index (χ3n) is 1.75. The lowest BCUT2D eigenvalue weighted by molar-refractivity contribution is 0.615. The van der Waals surface area contributed by atoms with Gasteiger partial charge in [0.15, 0.2) is 0 Å². The second-order valence-corrected chi connectivity index (χ2v) is 3.14. The van der Waals surface area contributed by atoms with Gasteiger partial charge in [-0.05, 0) is 17.7 Å². The summed E-state index contributed by atoms with van der Waals surface area (Å²) in [4.78, 5) is 0. The second-order valence-electron chi connectivity index (χ2n) is 2.77. The predicted octanol–water partition coefficient (Wildman–Crippen LogP) is 2.83. The summed E-state index contributed by atoms with van der Waals surface area (Å²) < 4.78 is 13.1. The SMILES string of the molecule is N#CCc1cc(C=CCS)ccc1F. The first-order valence-electron chi connectivity index (χ1n) is 4.20. The van der Waals surface area contributed by atoms with Gasteiger partial charge in [0, 0.05) is 11.3 Å². The molecule has 0 aliphatic rings. The fourth-order valence-corrected chi connectivity index (χ4v) is 1.21. The van der Waals surface area contributed by atoms with Gasteiger partial charge in [0.2, 0.25) is 0 Å². The first-order valence-corrected chi connectivity index (χ1v) is 4.84. The highest BCUT2D eigenvalue weighted by molar-refractivity contribution is 7.80. The normalized spacial score (nSPS) is 10.4. The molecule has 3 heteroatoms. The van der Waals surface area contributed by atoms with E-state index in [4.69, 9.17) is 5.26 Å². The van der Waals surface area contributed by atoms with Crippen LogP contribution in [-0.2, 0) is 6.42 Å². The van der Waals surface area contributed by atoms with Gasteiger partial charge in [0.1, 0.15) is 5.82 Å². The standard InChI is InChI=1S/C11H10FNS/c12-11-4-3-9(2-1-7-14)8-10(11)5-6-13/h1-4,8,14H,5,7H2. The highest BCUT2D eigenvalue weighted by Crippen LogP contribution is 2.12. The van der Waals surface area contributed by atoms with Gasteiger partial charge in [-0.2, -0.15) is 17.9 Å². The molecule has 0 saturated carbocycles. The lowest BCUT2D eigenvalue weighted by Gasteiger charge is -1.99. The summed E-state index contributed by atoms with van der Waals surface area (Å²) in [6.07, 6.45) is 3.83. The molecule has 0 saturated heterocycles. The van der Waals surface area contributed by atoms with E-state index in [9.17, 15) is 4.39 Å². The summed E-state index contributed by atoms with van der Waals surface area (Å²) in [6, 6.07) is 6.66. The van der Waals surface area contributed by atoms with Crippen LogP contribution in [0.15, 0.2) is 24.3 Å². The van der Waals surface area contributed by atoms with E-state index in [0.717, 1.165) is 5.56 Å². The molecule has 0 heterocycles. The monoisotopic (exact) mass is 207 g/mol. The molecule has 0 atom stereocenters. The average Bonchev–Trinajstić information content (AvgIpc) is 2.19. The maximum absolute atomic E-state index is 13.1.